The van der Waals surface area contributed by atoms with E-state index in [4.69, 9.17) is 4.74 Å². The zero-order chi connectivity index (χ0) is 19.7. The van der Waals surface area contributed by atoms with Gasteiger partial charge in [-0.1, -0.05) is 0 Å². The molecule has 0 aromatic rings. The van der Waals surface area contributed by atoms with Gasteiger partial charge in [-0.05, 0) is 0 Å². The first-order valence-corrected chi connectivity index (χ1v) is 18.5. The van der Waals surface area contributed by atoms with Crippen molar-refractivity contribution in [2.24, 2.45) is 0 Å². The molecule has 150 valence electrons. The van der Waals surface area contributed by atoms with Crippen molar-refractivity contribution < 1.29 is 9.53 Å². The molecule has 0 N–H and O–H groups in total. The van der Waals surface area contributed by atoms with E-state index >= 15 is 0 Å². The van der Waals surface area contributed by atoms with E-state index in [0.29, 0.717) is 6.61 Å². The number of esters is 1. The second-order valence-corrected chi connectivity index (χ2v) is 20.4. The van der Waals surface area contributed by atoms with Crippen LogP contribution in [-0.2, 0) is 9.53 Å². The number of carbonyl (C=O) groups is 1. The third kappa shape index (κ3) is 10.0. The van der Waals surface area contributed by atoms with Crippen molar-refractivity contribution in [2.45, 2.75) is 106 Å². The van der Waals surface area contributed by atoms with Crippen LogP contribution in [0.5, 0.6) is 0 Å². The molecular weight excluding hydrogens is 427 g/mol. The van der Waals surface area contributed by atoms with Gasteiger partial charge in [0.1, 0.15) is 0 Å². The second kappa shape index (κ2) is 16.7. The Morgan fingerprint density at radius 3 is 1.77 bits per heavy atom. The van der Waals surface area contributed by atoms with Gasteiger partial charge in [-0.2, -0.15) is 0 Å². The van der Waals surface area contributed by atoms with Crippen LogP contribution in [0.1, 0.15) is 92.4 Å². The van der Waals surface area contributed by atoms with Crippen LogP contribution < -0.4 is 0 Å². The van der Waals surface area contributed by atoms with Crippen molar-refractivity contribution in [3.8, 4) is 11.8 Å². The number of hydrogen-bond donors (Lipinski definition) is 0. The topological polar surface area (TPSA) is 26.3 Å². The molecular formula is C23H42O2Sn. The molecule has 0 unspecified atom stereocenters. The van der Waals surface area contributed by atoms with E-state index < -0.39 is 18.4 Å². The van der Waals surface area contributed by atoms with Crippen molar-refractivity contribution in [2.75, 3.05) is 6.61 Å². The molecule has 0 saturated heterocycles. The summed E-state index contributed by atoms with van der Waals surface area (Å²) in [5, 5.41) is 0. The van der Waals surface area contributed by atoms with Crippen LogP contribution in [0, 0.1) is 11.8 Å². The molecule has 3 heteroatoms. The van der Waals surface area contributed by atoms with E-state index in [-0.39, 0.29) is 5.97 Å². The second-order valence-electron chi connectivity index (χ2n) is 7.29. The zero-order valence-electron chi connectivity index (χ0n) is 18.1. The van der Waals surface area contributed by atoms with Crippen molar-refractivity contribution in [3.05, 3.63) is 9.67 Å². The Morgan fingerprint density at radius 1 is 0.846 bits per heavy atom. The van der Waals surface area contributed by atoms with Crippen LogP contribution in [0.25, 0.3) is 0 Å². The summed E-state index contributed by atoms with van der Waals surface area (Å²) in [5.74, 6) is 6.43. The first kappa shape index (κ1) is 25.6. The standard InChI is InChI=1S/C11H15O2.3C4H9.Sn/c1-3-5-6-7-8-9-10-11(12)13-4-2;3*1-3-4-2;/h9H,3-6H2,1-2H3;3*1,3-4H2,2H3;. The van der Waals surface area contributed by atoms with E-state index in [9.17, 15) is 4.79 Å². The summed E-state index contributed by atoms with van der Waals surface area (Å²) in [6.07, 6.45) is 12.5. The molecule has 0 aliphatic rings. The Balaban J connectivity index is 5.83. The van der Waals surface area contributed by atoms with Crippen LogP contribution in [-0.4, -0.2) is 31.0 Å². The Hall–Kier alpha value is -0.431. The van der Waals surface area contributed by atoms with Crippen molar-refractivity contribution in [1.29, 1.82) is 0 Å². The number of ether oxygens (including phenoxy) is 1. The summed E-state index contributed by atoms with van der Waals surface area (Å²) in [6, 6.07) is 0. The maximum absolute atomic E-state index is 12.9. The quantitative estimate of drug-likeness (QED) is 0.0896. The predicted octanol–water partition coefficient (Wildman–Crippen LogP) is 7.06. The van der Waals surface area contributed by atoms with Gasteiger partial charge in [0, 0.05) is 0 Å². The Morgan fingerprint density at radius 2 is 1.35 bits per heavy atom. The zero-order valence-corrected chi connectivity index (χ0v) is 20.9. The Bertz CT molecular complexity index is 435. The first-order chi connectivity index (χ1) is 12.6. The minimum atomic E-state index is -2.79. The van der Waals surface area contributed by atoms with Gasteiger partial charge in [-0.3, -0.25) is 0 Å². The SMILES string of the molecule is CCCCC#C/C=[C](/C(=O)OCC)[Sn]([CH2]CCC)([CH2]CCC)[CH2]CCC. The molecule has 0 radical (unpaired) electrons. The van der Waals surface area contributed by atoms with E-state index in [1.165, 1.54) is 51.8 Å². The summed E-state index contributed by atoms with van der Waals surface area (Å²) in [6.45, 7) is 11.3. The summed E-state index contributed by atoms with van der Waals surface area (Å²) in [7, 11) is 0. The van der Waals surface area contributed by atoms with Gasteiger partial charge in [0.25, 0.3) is 0 Å². The van der Waals surface area contributed by atoms with Crippen LogP contribution in [0.2, 0.25) is 13.3 Å². The normalized spacial score (nSPS) is 11.8. The summed E-state index contributed by atoms with van der Waals surface area (Å²) < 4.78 is 10.4. The molecule has 0 aromatic carbocycles. The maximum atomic E-state index is 12.9. The van der Waals surface area contributed by atoms with E-state index in [1.807, 2.05) is 13.0 Å². The van der Waals surface area contributed by atoms with Gasteiger partial charge in [0.15, 0.2) is 0 Å². The van der Waals surface area contributed by atoms with Gasteiger partial charge in [-0.25, -0.2) is 0 Å². The van der Waals surface area contributed by atoms with Crippen LogP contribution in [0.3, 0.4) is 0 Å². The van der Waals surface area contributed by atoms with Gasteiger partial charge in [0.2, 0.25) is 0 Å². The molecule has 26 heavy (non-hydrogen) atoms. The molecule has 0 atom stereocenters. The Kier molecular flexibility index (Phi) is 16.4. The number of carbonyl (C=O) groups excluding carboxylic acids is 1. The number of hydrogen-bond acceptors (Lipinski definition) is 2. The van der Waals surface area contributed by atoms with Gasteiger partial charge < -0.3 is 0 Å². The molecule has 0 fully saturated rings. The van der Waals surface area contributed by atoms with Crippen molar-refractivity contribution >= 4 is 24.3 Å². The Labute approximate surface area is 167 Å². The van der Waals surface area contributed by atoms with Crippen LogP contribution >= 0.6 is 0 Å². The van der Waals surface area contributed by atoms with E-state index in [0.717, 1.165) is 22.9 Å². The molecule has 0 aromatic heterocycles. The minimum absolute atomic E-state index is 0.0589. The summed E-state index contributed by atoms with van der Waals surface area (Å²) in [4.78, 5) is 12.9. The monoisotopic (exact) mass is 470 g/mol. The molecule has 0 aliphatic carbocycles. The molecule has 0 saturated carbocycles. The molecule has 0 spiro atoms. The fourth-order valence-electron chi connectivity index (χ4n) is 3.42. The molecule has 0 amide bonds. The first-order valence-electron chi connectivity index (χ1n) is 11.0. The van der Waals surface area contributed by atoms with Crippen molar-refractivity contribution in [1.82, 2.24) is 0 Å². The third-order valence-corrected chi connectivity index (χ3v) is 20.5. The molecule has 0 heterocycles. The molecule has 0 aliphatic heterocycles. The average Bonchev–Trinajstić information content (AvgIpc) is 2.65. The molecule has 2 nitrogen and oxygen atoms in total. The van der Waals surface area contributed by atoms with Gasteiger partial charge >= 0.3 is 168 Å². The molecule has 0 rings (SSSR count). The fourth-order valence-corrected chi connectivity index (χ4v) is 19.2. The number of unbranched alkanes of at least 4 members (excludes halogenated alkanes) is 5. The van der Waals surface area contributed by atoms with Crippen molar-refractivity contribution in [3.63, 3.8) is 0 Å². The summed E-state index contributed by atoms with van der Waals surface area (Å²) >= 11 is -2.79. The van der Waals surface area contributed by atoms with Gasteiger partial charge in [-0.15, -0.1) is 0 Å². The van der Waals surface area contributed by atoms with E-state index in [2.05, 4.69) is 39.5 Å². The van der Waals surface area contributed by atoms with Crippen LogP contribution in [0.4, 0.5) is 0 Å². The average molecular weight is 469 g/mol. The predicted molar refractivity (Wildman–Crippen MR) is 117 cm³/mol. The summed E-state index contributed by atoms with van der Waals surface area (Å²) in [5.41, 5.74) is 0. The number of rotatable bonds is 14. The van der Waals surface area contributed by atoms with E-state index in [1.54, 1.807) is 0 Å². The molecule has 0 bridgehead atoms. The fraction of sp³-hybridized carbons (Fsp3) is 0.783. The number of allylic oxidation sites excluding steroid dienone is 1. The third-order valence-electron chi connectivity index (χ3n) is 5.07. The van der Waals surface area contributed by atoms with Gasteiger partial charge in [0.05, 0.1) is 0 Å². The van der Waals surface area contributed by atoms with Crippen LogP contribution in [0.15, 0.2) is 9.67 Å².